The third kappa shape index (κ3) is 3.26. The average molecular weight is 151 g/mol. The Balaban J connectivity index is 2.04. The van der Waals surface area contributed by atoms with Gasteiger partial charge in [0.1, 0.15) is 5.76 Å². The van der Waals surface area contributed by atoms with Crippen LogP contribution in [0.1, 0.15) is 38.4 Å². The summed E-state index contributed by atoms with van der Waals surface area (Å²) in [5.74, 6) is 1.07. The molecule has 61 valence electrons. The Kier molecular flexibility index (Phi) is 3.81. The highest BCUT2D eigenvalue weighted by Gasteiger charge is 1.94. The Morgan fingerprint density at radius 2 is 2.27 bits per heavy atom. The smallest absolute Gasteiger partial charge is 0.169 e. The summed E-state index contributed by atoms with van der Waals surface area (Å²) in [6, 6.07) is 3.82. The van der Waals surface area contributed by atoms with Gasteiger partial charge in [0.2, 0.25) is 0 Å². The molecule has 0 atom stereocenters. The van der Waals surface area contributed by atoms with Crippen LogP contribution in [0.25, 0.3) is 0 Å². The minimum atomic E-state index is 1.07. The molecule has 1 rings (SSSR count). The van der Waals surface area contributed by atoms with Crippen LogP contribution in [0, 0.1) is 6.26 Å². The van der Waals surface area contributed by atoms with Gasteiger partial charge in [-0.25, -0.2) is 0 Å². The Morgan fingerprint density at radius 1 is 1.36 bits per heavy atom. The summed E-state index contributed by atoms with van der Waals surface area (Å²) < 4.78 is 5.09. The second-order valence-corrected chi connectivity index (χ2v) is 2.83. The van der Waals surface area contributed by atoms with Crippen LogP contribution in [-0.4, -0.2) is 0 Å². The summed E-state index contributed by atoms with van der Waals surface area (Å²) in [6.07, 6.45) is 8.96. The van der Waals surface area contributed by atoms with E-state index < -0.39 is 0 Å². The van der Waals surface area contributed by atoms with Crippen molar-refractivity contribution in [3.05, 3.63) is 24.2 Å². The first-order chi connectivity index (χ1) is 5.43. The van der Waals surface area contributed by atoms with Gasteiger partial charge in [-0.1, -0.05) is 26.2 Å². The lowest BCUT2D eigenvalue weighted by atomic mass is 10.1. The van der Waals surface area contributed by atoms with Gasteiger partial charge in [0.15, 0.2) is 6.26 Å². The monoisotopic (exact) mass is 151 g/mol. The van der Waals surface area contributed by atoms with E-state index in [0.717, 1.165) is 12.2 Å². The third-order valence-corrected chi connectivity index (χ3v) is 1.80. The minimum absolute atomic E-state index is 1.07. The zero-order valence-electron chi connectivity index (χ0n) is 7.10. The lowest BCUT2D eigenvalue weighted by molar-refractivity contribution is 0.488. The molecular weight excluding hydrogens is 136 g/mol. The van der Waals surface area contributed by atoms with Crippen LogP contribution in [-0.2, 0) is 6.42 Å². The van der Waals surface area contributed by atoms with Crippen LogP contribution in [0.3, 0.4) is 0 Å². The van der Waals surface area contributed by atoms with E-state index in [9.17, 15) is 0 Å². The molecule has 0 aliphatic heterocycles. The van der Waals surface area contributed by atoms with E-state index in [1.54, 1.807) is 0 Å². The molecular formula is C10H15O. The predicted molar refractivity (Wildman–Crippen MR) is 45.4 cm³/mol. The fourth-order valence-electron chi connectivity index (χ4n) is 1.13. The number of furan rings is 1. The molecule has 1 nitrogen and oxygen atoms in total. The molecule has 0 unspecified atom stereocenters. The summed E-state index contributed by atoms with van der Waals surface area (Å²) in [4.78, 5) is 0. The molecule has 0 saturated carbocycles. The molecule has 0 aromatic carbocycles. The van der Waals surface area contributed by atoms with E-state index in [4.69, 9.17) is 4.42 Å². The molecule has 11 heavy (non-hydrogen) atoms. The Morgan fingerprint density at radius 3 is 2.91 bits per heavy atom. The van der Waals surface area contributed by atoms with Crippen LogP contribution >= 0.6 is 0 Å². The lowest BCUT2D eigenvalue weighted by Crippen LogP contribution is -1.81. The number of hydrogen-bond donors (Lipinski definition) is 0. The highest BCUT2D eigenvalue weighted by Crippen LogP contribution is 2.07. The van der Waals surface area contributed by atoms with E-state index in [1.807, 2.05) is 12.1 Å². The standard InChI is InChI=1S/C10H15O/c1-2-3-4-5-7-10-8-6-9-11-10/h6,8H,2-5,7H2,1H3. The first-order valence-corrected chi connectivity index (χ1v) is 4.38. The Bertz CT molecular complexity index is 165. The number of aryl methyl sites for hydroxylation is 1. The topological polar surface area (TPSA) is 13.1 Å². The van der Waals surface area contributed by atoms with E-state index >= 15 is 0 Å². The van der Waals surface area contributed by atoms with Crippen molar-refractivity contribution in [1.29, 1.82) is 0 Å². The van der Waals surface area contributed by atoms with Crippen LogP contribution in [0.4, 0.5) is 0 Å². The molecule has 1 radical (unpaired) electrons. The largest absolute Gasteiger partial charge is 0.458 e. The molecule has 0 N–H and O–H groups in total. The number of hydrogen-bond acceptors (Lipinski definition) is 1. The first kappa shape index (κ1) is 8.38. The molecule has 0 fully saturated rings. The molecule has 0 aliphatic rings. The van der Waals surface area contributed by atoms with Crippen LogP contribution in [0.15, 0.2) is 16.5 Å². The first-order valence-electron chi connectivity index (χ1n) is 4.38. The van der Waals surface area contributed by atoms with Crippen molar-refractivity contribution >= 4 is 0 Å². The van der Waals surface area contributed by atoms with Crippen molar-refractivity contribution in [2.45, 2.75) is 39.0 Å². The van der Waals surface area contributed by atoms with Crippen molar-refractivity contribution in [3.63, 3.8) is 0 Å². The lowest BCUT2D eigenvalue weighted by Gasteiger charge is -1.95. The summed E-state index contributed by atoms with van der Waals surface area (Å²) in [6.45, 7) is 2.22. The molecule has 1 heteroatoms. The Labute approximate surface area is 68.4 Å². The van der Waals surface area contributed by atoms with E-state index in [1.165, 1.54) is 25.7 Å². The van der Waals surface area contributed by atoms with Gasteiger partial charge in [-0.15, -0.1) is 0 Å². The molecule has 1 heterocycles. The maximum Gasteiger partial charge on any atom is 0.169 e. The van der Waals surface area contributed by atoms with Gasteiger partial charge in [-0.2, -0.15) is 0 Å². The summed E-state index contributed by atoms with van der Waals surface area (Å²) in [5, 5.41) is 0. The molecule has 0 bridgehead atoms. The second-order valence-electron chi connectivity index (χ2n) is 2.83. The maximum atomic E-state index is 5.09. The van der Waals surface area contributed by atoms with E-state index in [2.05, 4.69) is 13.2 Å². The van der Waals surface area contributed by atoms with Crippen molar-refractivity contribution in [1.82, 2.24) is 0 Å². The van der Waals surface area contributed by atoms with E-state index in [0.29, 0.717) is 0 Å². The predicted octanol–water partition coefficient (Wildman–Crippen LogP) is 3.20. The third-order valence-electron chi connectivity index (χ3n) is 1.80. The highest BCUT2D eigenvalue weighted by molar-refractivity contribution is 4.96. The zero-order chi connectivity index (χ0) is 7.94. The normalized spacial score (nSPS) is 10.3. The minimum Gasteiger partial charge on any atom is -0.458 e. The highest BCUT2D eigenvalue weighted by atomic mass is 16.3. The molecule has 0 spiro atoms. The van der Waals surface area contributed by atoms with Gasteiger partial charge >= 0.3 is 0 Å². The summed E-state index contributed by atoms with van der Waals surface area (Å²) in [5.41, 5.74) is 0. The van der Waals surface area contributed by atoms with Crippen LogP contribution < -0.4 is 0 Å². The van der Waals surface area contributed by atoms with Gasteiger partial charge in [-0.3, -0.25) is 0 Å². The molecule has 0 aliphatic carbocycles. The van der Waals surface area contributed by atoms with Gasteiger partial charge < -0.3 is 4.42 Å². The van der Waals surface area contributed by atoms with Crippen molar-refractivity contribution in [2.24, 2.45) is 0 Å². The van der Waals surface area contributed by atoms with Gasteiger partial charge in [0.05, 0.1) is 0 Å². The second kappa shape index (κ2) is 5.00. The van der Waals surface area contributed by atoms with Crippen molar-refractivity contribution in [3.8, 4) is 0 Å². The fraction of sp³-hybridized carbons (Fsp3) is 0.600. The van der Waals surface area contributed by atoms with Crippen molar-refractivity contribution < 1.29 is 4.42 Å². The van der Waals surface area contributed by atoms with Gasteiger partial charge in [0, 0.05) is 6.42 Å². The van der Waals surface area contributed by atoms with Gasteiger partial charge in [-0.05, 0) is 18.6 Å². The quantitative estimate of drug-likeness (QED) is 0.589. The Hall–Kier alpha value is -0.720. The fourth-order valence-corrected chi connectivity index (χ4v) is 1.13. The van der Waals surface area contributed by atoms with Crippen LogP contribution in [0.2, 0.25) is 0 Å². The molecule has 0 amide bonds. The molecule has 1 aromatic heterocycles. The molecule has 1 aromatic rings. The number of rotatable bonds is 5. The van der Waals surface area contributed by atoms with E-state index in [-0.39, 0.29) is 0 Å². The average Bonchev–Trinajstić information content (AvgIpc) is 2.50. The maximum absolute atomic E-state index is 5.09. The van der Waals surface area contributed by atoms with Gasteiger partial charge in [0.25, 0.3) is 0 Å². The summed E-state index contributed by atoms with van der Waals surface area (Å²) in [7, 11) is 0. The number of unbranched alkanes of at least 4 members (excludes halogenated alkanes) is 3. The van der Waals surface area contributed by atoms with Crippen LogP contribution in [0.5, 0.6) is 0 Å². The van der Waals surface area contributed by atoms with Crippen molar-refractivity contribution in [2.75, 3.05) is 0 Å². The molecule has 0 saturated heterocycles. The summed E-state index contributed by atoms with van der Waals surface area (Å²) >= 11 is 0. The SMILES string of the molecule is CCCCCCc1cc[c]o1. The zero-order valence-corrected chi connectivity index (χ0v) is 7.10.